The number of para-hydroxylation sites is 2. The summed E-state index contributed by atoms with van der Waals surface area (Å²) in [6, 6.07) is 19.7. The first-order valence-corrected chi connectivity index (χ1v) is 10.6. The van der Waals surface area contributed by atoms with E-state index in [1.165, 1.54) is 25.1 Å². The zero-order valence-corrected chi connectivity index (χ0v) is 18.3. The highest BCUT2D eigenvalue weighted by atomic mass is 16.6. The number of rotatable bonds is 7. The smallest absolute Gasteiger partial charge is 0.311 e. The Morgan fingerprint density at radius 3 is 2.48 bits per heavy atom. The van der Waals surface area contributed by atoms with E-state index in [1.807, 2.05) is 36.4 Å². The van der Waals surface area contributed by atoms with Gasteiger partial charge in [0.2, 0.25) is 0 Å². The van der Waals surface area contributed by atoms with Crippen molar-refractivity contribution in [1.82, 2.24) is 4.57 Å². The van der Waals surface area contributed by atoms with Gasteiger partial charge in [0, 0.05) is 45.7 Å². The Bertz CT molecular complexity index is 1380. The van der Waals surface area contributed by atoms with Gasteiger partial charge in [0.05, 0.1) is 11.3 Å². The number of nitro benzene ring substituents is 1. The van der Waals surface area contributed by atoms with Crippen LogP contribution < -0.4 is 5.32 Å². The number of benzene rings is 3. The molecule has 0 saturated carbocycles. The van der Waals surface area contributed by atoms with Crippen molar-refractivity contribution < 1.29 is 19.2 Å². The number of carbonyl (C=O) groups excluding carboxylic acids is 2. The number of amides is 1. The topological polar surface area (TPSA) is 103 Å². The molecule has 4 rings (SSSR count). The molecule has 1 unspecified atom stereocenters. The maximum absolute atomic E-state index is 12.6. The summed E-state index contributed by atoms with van der Waals surface area (Å²) in [5.41, 5.74) is 2.86. The number of aromatic nitrogens is 1. The fourth-order valence-electron chi connectivity index (χ4n) is 4.00. The van der Waals surface area contributed by atoms with Crippen LogP contribution in [0.3, 0.4) is 0 Å². The lowest BCUT2D eigenvalue weighted by Gasteiger charge is -2.14. The molecule has 4 aromatic rings. The normalized spacial score (nSPS) is 11.9. The summed E-state index contributed by atoms with van der Waals surface area (Å²) in [7, 11) is 0. The molecule has 1 aromatic heterocycles. The average molecular weight is 445 g/mol. The summed E-state index contributed by atoms with van der Waals surface area (Å²) in [5.74, 6) is -1.20. The third-order valence-electron chi connectivity index (χ3n) is 5.56. The number of aryl methyl sites for hydroxylation is 1. The van der Waals surface area contributed by atoms with Crippen molar-refractivity contribution in [3.05, 3.63) is 82.4 Å². The molecule has 0 bridgehead atoms. The van der Waals surface area contributed by atoms with E-state index in [4.69, 9.17) is 4.74 Å². The third-order valence-corrected chi connectivity index (χ3v) is 5.56. The molecule has 0 aliphatic heterocycles. The molecule has 0 aliphatic carbocycles. The van der Waals surface area contributed by atoms with E-state index in [1.54, 1.807) is 6.07 Å². The van der Waals surface area contributed by atoms with Gasteiger partial charge in [-0.05, 0) is 38.1 Å². The standard InChI is InChI=1S/C25H23N3O5/c1-3-27-22-11-7-5-9-19(22)20-15-18(12-13-23(20)27)26-25(30)16(2)33-24(29)14-17-8-4-6-10-21(17)28(31)32/h4-13,15-16H,3,14H2,1-2H3,(H,26,30). The van der Waals surface area contributed by atoms with Gasteiger partial charge < -0.3 is 14.6 Å². The van der Waals surface area contributed by atoms with E-state index >= 15 is 0 Å². The number of fused-ring (bicyclic) bond motifs is 3. The molecule has 1 amide bonds. The zero-order chi connectivity index (χ0) is 23.5. The van der Waals surface area contributed by atoms with Gasteiger partial charge in [0.15, 0.2) is 6.10 Å². The van der Waals surface area contributed by atoms with Crippen LogP contribution in [0.15, 0.2) is 66.7 Å². The molecular weight excluding hydrogens is 422 g/mol. The van der Waals surface area contributed by atoms with Crippen molar-refractivity contribution in [2.24, 2.45) is 0 Å². The van der Waals surface area contributed by atoms with Gasteiger partial charge in [-0.2, -0.15) is 0 Å². The number of anilines is 1. The molecule has 0 spiro atoms. The second-order valence-corrected chi connectivity index (χ2v) is 7.68. The minimum absolute atomic E-state index is 0.161. The van der Waals surface area contributed by atoms with Crippen molar-refractivity contribution >= 4 is 45.1 Å². The lowest BCUT2D eigenvalue weighted by atomic mass is 10.1. The Hall–Kier alpha value is -4.20. The highest BCUT2D eigenvalue weighted by Crippen LogP contribution is 2.31. The van der Waals surface area contributed by atoms with Gasteiger partial charge in [-0.15, -0.1) is 0 Å². The van der Waals surface area contributed by atoms with Crippen LogP contribution in [0.25, 0.3) is 21.8 Å². The molecular formula is C25H23N3O5. The SMILES string of the molecule is CCn1c2ccccc2c2cc(NC(=O)C(C)OC(=O)Cc3ccccc3[N+](=O)[O-])ccc21. The largest absolute Gasteiger partial charge is 0.452 e. The monoisotopic (exact) mass is 445 g/mol. The first kappa shape index (κ1) is 22.0. The van der Waals surface area contributed by atoms with Crippen LogP contribution in [0.2, 0.25) is 0 Å². The molecule has 1 heterocycles. The molecule has 168 valence electrons. The van der Waals surface area contributed by atoms with Crippen molar-refractivity contribution in [2.45, 2.75) is 32.9 Å². The first-order chi connectivity index (χ1) is 15.9. The van der Waals surface area contributed by atoms with E-state index in [9.17, 15) is 19.7 Å². The average Bonchev–Trinajstić information content (AvgIpc) is 3.12. The highest BCUT2D eigenvalue weighted by Gasteiger charge is 2.21. The molecule has 0 aliphatic rings. The second kappa shape index (κ2) is 9.12. The van der Waals surface area contributed by atoms with Crippen LogP contribution in [-0.4, -0.2) is 27.5 Å². The number of nitro groups is 1. The van der Waals surface area contributed by atoms with Crippen molar-refractivity contribution in [2.75, 3.05) is 5.32 Å². The Labute approximate surface area is 189 Å². The van der Waals surface area contributed by atoms with E-state index in [2.05, 4.69) is 22.9 Å². The van der Waals surface area contributed by atoms with Gasteiger partial charge in [0.1, 0.15) is 0 Å². The fourth-order valence-corrected chi connectivity index (χ4v) is 4.00. The molecule has 8 heteroatoms. The molecule has 0 saturated heterocycles. The van der Waals surface area contributed by atoms with Gasteiger partial charge >= 0.3 is 5.97 Å². The van der Waals surface area contributed by atoms with Crippen LogP contribution in [0.5, 0.6) is 0 Å². The molecule has 1 atom stereocenters. The third kappa shape index (κ3) is 4.41. The summed E-state index contributed by atoms with van der Waals surface area (Å²) in [5, 5.41) is 16.0. The molecule has 0 radical (unpaired) electrons. The second-order valence-electron chi connectivity index (χ2n) is 7.68. The quantitative estimate of drug-likeness (QED) is 0.249. The summed E-state index contributed by atoms with van der Waals surface area (Å²) < 4.78 is 7.44. The maximum atomic E-state index is 12.6. The molecule has 8 nitrogen and oxygen atoms in total. The Morgan fingerprint density at radius 1 is 1.03 bits per heavy atom. The van der Waals surface area contributed by atoms with Gasteiger partial charge in [-0.1, -0.05) is 36.4 Å². The number of hydrogen-bond donors (Lipinski definition) is 1. The number of esters is 1. The van der Waals surface area contributed by atoms with Gasteiger partial charge in [-0.3, -0.25) is 19.7 Å². The Kier molecular flexibility index (Phi) is 6.08. The van der Waals surface area contributed by atoms with Crippen LogP contribution in [0.1, 0.15) is 19.4 Å². The zero-order valence-electron chi connectivity index (χ0n) is 18.3. The van der Waals surface area contributed by atoms with Crippen LogP contribution in [-0.2, 0) is 27.3 Å². The summed E-state index contributed by atoms with van der Waals surface area (Å²) in [6.07, 6.45) is -1.36. The fraction of sp³-hybridized carbons (Fsp3) is 0.200. The number of carbonyl (C=O) groups is 2. The minimum Gasteiger partial charge on any atom is -0.452 e. The van der Waals surface area contributed by atoms with E-state index in [0.717, 1.165) is 28.4 Å². The minimum atomic E-state index is -1.06. The molecule has 33 heavy (non-hydrogen) atoms. The first-order valence-electron chi connectivity index (χ1n) is 10.6. The van der Waals surface area contributed by atoms with Gasteiger partial charge in [0.25, 0.3) is 11.6 Å². The predicted octanol–water partition coefficient (Wildman–Crippen LogP) is 4.84. The molecule has 3 aromatic carbocycles. The van der Waals surface area contributed by atoms with Crippen LogP contribution >= 0.6 is 0 Å². The number of nitrogens with zero attached hydrogens (tertiary/aromatic N) is 2. The number of hydrogen-bond acceptors (Lipinski definition) is 5. The molecule has 1 N–H and O–H groups in total. The Balaban J connectivity index is 1.47. The van der Waals surface area contributed by atoms with Crippen LogP contribution in [0.4, 0.5) is 11.4 Å². The molecule has 0 fully saturated rings. The number of ether oxygens (including phenoxy) is 1. The van der Waals surface area contributed by atoms with Crippen molar-refractivity contribution in [3.63, 3.8) is 0 Å². The van der Waals surface area contributed by atoms with E-state index in [-0.39, 0.29) is 17.7 Å². The summed E-state index contributed by atoms with van der Waals surface area (Å²) >= 11 is 0. The van der Waals surface area contributed by atoms with Crippen molar-refractivity contribution in [1.29, 1.82) is 0 Å². The maximum Gasteiger partial charge on any atom is 0.311 e. The summed E-state index contributed by atoms with van der Waals surface area (Å²) in [4.78, 5) is 35.5. The predicted molar refractivity (Wildman–Crippen MR) is 126 cm³/mol. The van der Waals surface area contributed by atoms with E-state index < -0.39 is 22.9 Å². The lowest BCUT2D eigenvalue weighted by Crippen LogP contribution is -2.30. The summed E-state index contributed by atoms with van der Waals surface area (Å²) in [6.45, 7) is 4.37. The Morgan fingerprint density at radius 2 is 1.73 bits per heavy atom. The van der Waals surface area contributed by atoms with Crippen LogP contribution in [0, 0.1) is 10.1 Å². The lowest BCUT2D eigenvalue weighted by molar-refractivity contribution is -0.385. The van der Waals surface area contributed by atoms with E-state index in [0.29, 0.717) is 5.69 Å². The number of nitrogens with one attached hydrogen (secondary N) is 1. The van der Waals surface area contributed by atoms with Gasteiger partial charge in [-0.25, -0.2) is 0 Å². The van der Waals surface area contributed by atoms with Crippen molar-refractivity contribution in [3.8, 4) is 0 Å². The highest BCUT2D eigenvalue weighted by molar-refractivity contribution is 6.10.